The molecule has 1 saturated carbocycles. The summed E-state index contributed by atoms with van der Waals surface area (Å²) < 4.78 is 10.5. The van der Waals surface area contributed by atoms with Crippen LogP contribution >= 0.6 is 0 Å². The van der Waals surface area contributed by atoms with Gasteiger partial charge in [0.25, 0.3) is 5.82 Å². The van der Waals surface area contributed by atoms with Crippen molar-refractivity contribution < 1.29 is 14.1 Å². The third kappa shape index (κ3) is 3.76. The van der Waals surface area contributed by atoms with Gasteiger partial charge >= 0.3 is 5.97 Å². The van der Waals surface area contributed by atoms with E-state index in [9.17, 15) is 4.79 Å². The highest BCUT2D eigenvalue weighted by atomic mass is 16.5. The lowest BCUT2D eigenvalue weighted by Crippen LogP contribution is -2.38. The summed E-state index contributed by atoms with van der Waals surface area (Å²) in [5.74, 6) is 2.70. The fourth-order valence-corrected chi connectivity index (χ4v) is 4.83. The minimum atomic E-state index is -0.323. The molecule has 1 aliphatic rings. The molecule has 2 aromatic rings. The Balaban J connectivity index is 1.88. The first-order chi connectivity index (χ1) is 12.8. The van der Waals surface area contributed by atoms with Crippen molar-refractivity contribution in [2.75, 3.05) is 0 Å². The van der Waals surface area contributed by atoms with Gasteiger partial charge < -0.3 is 4.74 Å². The summed E-state index contributed by atoms with van der Waals surface area (Å²) in [6.07, 6.45) is 4.31. The highest BCUT2D eigenvalue weighted by molar-refractivity contribution is 5.79. The number of rotatable bonds is 5. The van der Waals surface area contributed by atoms with Gasteiger partial charge in [0.15, 0.2) is 17.1 Å². The van der Waals surface area contributed by atoms with Crippen molar-refractivity contribution >= 4 is 17.0 Å². The maximum Gasteiger partial charge on any atom is 0.351 e. The first kappa shape index (κ1) is 19.9. The summed E-state index contributed by atoms with van der Waals surface area (Å²) in [5, 5.41) is 0. The number of ether oxygens (including phenoxy) is 1. The zero-order chi connectivity index (χ0) is 19.7. The number of benzene rings is 1. The van der Waals surface area contributed by atoms with Crippen LogP contribution in [0.5, 0.6) is 0 Å². The number of nitrogens with zero attached hydrogens (tertiary/aromatic N) is 2. The number of hydrogen-bond donors (Lipinski definition) is 0. The van der Waals surface area contributed by atoms with Crippen molar-refractivity contribution in [3.8, 4) is 0 Å². The first-order valence-corrected chi connectivity index (χ1v) is 10.5. The number of fused-ring (bicyclic) bond motifs is 1. The van der Waals surface area contributed by atoms with Gasteiger partial charge in [0, 0.05) is 6.42 Å². The Labute approximate surface area is 163 Å². The molecule has 27 heavy (non-hydrogen) atoms. The van der Waals surface area contributed by atoms with Crippen LogP contribution in [0.1, 0.15) is 65.7 Å². The van der Waals surface area contributed by atoms with E-state index in [4.69, 9.17) is 4.74 Å². The molecule has 1 fully saturated rings. The van der Waals surface area contributed by atoms with E-state index in [2.05, 4.69) is 56.0 Å². The molecule has 0 radical (unpaired) electrons. The molecule has 0 bridgehead atoms. The summed E-state index contributed by atoms with van der Waals surface area (Å²) in [7, 11) is 2.08. The number of carbonyl (C=O) groups is 1. The fourth-order valence-electron chi connectivity index (χ4n) is 4.83. The molecule has 1 unspecified atom stereocenters. The van der Waals surface area contributed by atoms with Gasteiger partial charge in [-0.1, -0.05) is 46.2 Å². The van der Waals surface area contributed by atoms with Gasteiger partial charge in [-0.05, 0) is 49.7 Å². The van der Waals surface area contributed by atoms with E-state index < -0.39 is 0 Å². The zero-order valence-electron chi connectivity index (χ0n) is 17.7. The highest BCUT2D eigenvalue weighted by Crippen LogP contribution is 2.36. The number of aryl methyl sites for hydroxylation is 1. The zero-order valence-corrected chi connectivity index (χ0v) is 17.7. The average molecular weight is 372 g/mol. The van der Waals surface area contributed by atoms with Crippen LogP contribution in [-0.4, -0.2) is 16.6 Å². The second-order valence-corrected chi connectivity index (χ2v) is 8.66. The smallest absolute Gasteiger partial charge is 0.351 e. The second kappa shape index (κ2) is 8.04. The first-order valence-electron chi connectivity index (χ1n) is 10.5. The minimum Gasteiger partial charge on any atom is -0.459 e. The number of hydrogen-bond acceptors (Lipinski definition) is 2. The molecule has 1 aromatic carbocycles. The Morgan fingerprint density at radius 1 is 1.26 bits per heavy atom. The van der Waals surface area contributed by atoms with Crippen LogP contribution in [0.15, 0.2) is 24.3 Å². The van der Waals surface area contributed by atoms with Gasteiger partial charge in [-0.25, -0.2) is 13.9 Å². The monoisotopic (exact) mass is 371 g/mol. The van der Waals surface area contributed by atoms with Crippen molar-refractivity contribution in [1.29, 1.82) is 0 Å². The predicted octanol–water partition coefficient (Wildman–Crippen LogP) is 4.59. The lowest BCUT2D eigenvalue weighted by atomic mass is 9.75. The molecular weight excluding hydrogens is 336 g/mol. The predicted molar refractivity (Wildman–Crippen MR) is 108 cm³/mol. The van der Waals surface area contributed by atoms with Crippen LogP contribution in [0.25, 0.3) is 11.0 Å². The van der Waals surface area contributed by atoms with E-state index >= 15 is 0 Å². The average Bonchev–Trinajstić information content (AvgIpc) is 2.93. The molecule has 0 N–H and O–H groups in total. The van der Waals surface area contributed by atoms with E-state index in [1.54, 1.807) is 0 Å². The lowest BCUT2D eigenvalue weighted by molar-refractivity contribution is -0.654. The molecule has 1 heterocycles. The maximum absolute atomic E-state index is 13.2. The van der Waals surface area contributed by atoms with Crippen LogP contribution in [0, 0.1) is 17.8 Å². The van der Waals surface area contributed by atoms with Gasteiger partial charge in [-0.2, -0.15) is 0 Å². The molecule has 148 valence electrons. The van der Waals surface area contributed by atoms with Gasteiger partial charge in [-0.3, -0.25) is 0 Å². The quantitative estimate of drug-likeness (QED) is 0.569. The van der Waals surface area contributed by atoms with Gasteiger partial charge in [0.1, 0.15) is 6.10 Å². The summed E-state index contributed by atoms with van der Waals surface area (Å²) in [5.41, 5.74) is 2.25. The molecule has 0 aliphatic heterocycles. The van der Waals surface area contributed by atoms with Crippen LogP contribution in [0.4, 0.5) is 0 Å². The van der Waals surface area contributed by atoms with Crippen LogP contribution in [-0.2, 0) is 23.0 Å². The van der Waals surface area contributed by atoms with E-state index in [0.29, 0.717) is 17.8 Å². The Morgan fingerprint density at radius 2 is 1.96 bits per heavy atom. The van der Waals surface area contributed by atoms with E-state index in [-0.39, 0.29) is 18.1 Å². The van der Waals surface area contributed by atoms with Crippen molar-refractivity contribution in [3.05, 3.63) is 30.1 Å². The SMILES string of the molecule is CCc1n([C@H](C)C(=O)OC2C[C@H](C)CC[C@H]2C(C)C)c2ccccc2[n+]1C. The standard InChI is InChI=1S/C23H35N2O2/c1-7-22-24(6)19-10-8-9-11-20(19)25(22)17(5)23(26)27-21-14-16(4)12-13-18(21)15(2)3/h8-11,15-18,21H,7,12-14H2,1-6H3/q+1/t16-,17-,18+,21?/m1/s1. The maximum atomic E-state index is 13.2. The van der Waals surface area contributed by atoms with Crippen molar-refractivity contribution in [2.24, 2.45) is 24.8 Å². The number of esters is 1. The van der Waals surface area contributed by atoms with E-state index in [0.717, 1.165) is 36.1 Å². The molecular formula is C23H35N2O2+. The van der Waals surface area contributed by atoms with Crippen molar-refractivity contribution in [2.45, 2.75) is 72.4 Å². The Morgan fingerprint density at radius 3 is 2.63 bits per heavy atom. The number of aromatic nitrogens is 2. The molecule has 0 amide bonds. The van der Waals surface area contributed by atoms with Gasteiger partial charge in [-0.15, -0.1) is 0 Å². The van der Waals surface area contributed by atoms with Gasteiger partial charge in [0.05, 0.1) is 7.05 Å². The largest absolute Gasteiger partial charge is 0.459 e. The van der Waals surface area contributed by atoms with Crippen LogP contribution in [0.2, 0.25) is 0 Å². The summed E-state index contributed by atoms with van der Waals surface area (Å²) in [6, 6.07) is 7.97. The minimum absolute atomic E-state index is 0.0457. The number of imidazole rings is 1. The van der Waals surface area contributed by atoms with Gasteiger partial charge in [0.2, 0.25) is 0 Å². The summed E-state index contributed by atoms with van der Waals surface area (Å²) in [6.45, 7) is 10.9. The number of carbonyl (C=O) groups excluding carboxylic acids is 1. The Bertz CT molecular complexity index is 808. The number of para-hydroxylation sites is 2. The Kier molecular flexibility index (Phi) is 5.92. The lowest BCUT2D eigenvalue weighted by Gasteiger charge is -2.37. The topological polar surface area (TPSA) is 35.1 Å². The highest BCUT2D eigenvalue weighted by Gasteiger charge is 2.37. The normalized spacial score (nSPS) is 24.3. The van der Waals surface area contributed by atoms with Crippen LogP contribution < -0.4 is 4.57 Å². The molecule has 4 nitrogen and oxygen atoms in total. The second-order valence-electron chi connectivity index (χ2n) is 8.66. The summed E-state index contributed by atoms with van der Waals surface area (Å²) in [4.78, 5) is 13.2. The third-order valence-corrected chi connectivity index (χ3v) is 6.44. The molecule has 1 aromatic heterocycles. The molecule has 0 spiro atoms. The fraction of sp³-hybridized carbons (Fsp3) is 0.652. The van der Waals surface area contributed by atoms with Crippen LogP contribution in [0.3, 0.4) is 0 Å². The molecule has 4 atom stereocenters. The molecule has 3 rings (SSSR count). The van der Waals surface area contributed by atoms with E-state index in [1.807, 2.05) is 19.1 Å². The molecule has 1 aliphatic carbocycles. The Hall–Kier alpha value is -1.84. The third-order valence-electron chi connectivity index (χ3n) is 6.44. The molecule has 0 saturated heterocycles. The summed E-state index contributed by atoms with van der Waals surface area (Å²) >= 11 is 0. The van der Waals surface area contributed by atoms with Crippen molar-refractivity contribution in [3.63, 3.8) is 0 Å². The molecule has 4 heteroatoms. The van der Waals surface area contributed by atoms with E-state index in [1.165, 1.54) is 6.42 Å². The van der Waals surface area contributed by atoms with Crippen molar-refractivity contribution in [1.82, 2.24) is 4.57 Å².